The van der Waals surface area contributed by atoms with Crippen molar-refractivity contribution in [3.05, 3.63) is 0 Å². The molecule has 0 bridgehead atoms. The van der Waals surface area contributed by atoms with Gasteiger partial charge in [0.25, 0.3) is 0 Å². The van der Waals surface area contributed by atoms with Crippen LogP contribution in [0.15, 0.2) is 0 Å². The van der Waals surface area contributed by atoms with Crippen LogP contribution >= 0.6 is 0 Å². The van der Waals surface area contributed by atoms with Crippen LogP contribution < -0.4 is 0 Å². The Morgan fingerprint density at radius 2 is 0.917 bits per heavy atom. The van der Waals surface area contributed by atoms with E-state index in [1.54, 1.807) is 0 Å². The van der Waals surface area contributed by atoms with Gasteiger partial charge in [0, 0.05) is 37.3 Å². The maximum absolute atomic E-state index is 2.57. The van der Waals surface area contributed by atoms with E-state index in [9.17, 15) is 0 Å². The van der Waals surface area contributed by atoms with Gasteiger partial charge >= 0.3 is 0 Å². The monoisotopic (exact) mass is 168 g/mol. The van der Waals surface area contributed by atoms with Crippen molar-refractivity contribution in [1.82, 2.24) is 9.80 Å². The summed E-state index contributed by atoms with van der Waals surface area (Å²) in [6.45, 7) is 11.8. The minimum atomic E-state index is 0.843. The zero-order valence-electron chi connectivity index (χ0n) is 8.62. The lowest BCUT2D eigenvalue weighted by atomic mass is 10.4. The molecule has 0 radical (unpaired) electrons. The molecule has 2 nitrogen and oxygen atoms in total. The van der Waals surface area contributed by atoms with Gasteiger partial charge in [0.2, 0.25) is 0 Å². The Balaban J connectivity index is 1.65. The predicted molar refractivity (Wildman–Crippen MR) is 51.3 cm³/mol. The average Bonchev–Trinajstić information content (AvgIpc) is 2.79. The lowest BCUT2D eigenvalue weighted by Crippen LogP contribution is -2.16. The molecule has 0 spiro atoms. The summed E-state index contributed by atoms with van der Waals surface area (Å²) in [5.74, 6) is 0. The van der Waals surface area contributed by atoms with Crippen molar-refractivity contribution in [3.63, 3.8) is 0 Å². The molecule has 2 fully saturated rings. The van der Waals surface area contributed by atoms with E-state index in [-0.39, 0.29) is 0 Å². The molecule has 2 aliphatic rings. The van der Waals surface area contributed by atoms with Crippen molar-refractivity contribution < 1.29 is 0 Å². The Morgan fingerprint density at radius 3 is 1.08 bits per heavy atom. The van der Waals surface area contributed by atoms with Crippen LogP contribution in [0.5, 0.6) is 0 Å². The molecule has 0 N–H and O–H groups in total. The molecular weight excluding hydrogens is 148 g/mol. The standard InChI is InChI=1S/C10H20N2/c1-7-8(2)11(7)5-6-12-9(3)10(12)4/h7-10H,5-6H2,1-4H3/t7-,8-,9-,10?,12?/m0/s1. The molecule has 0 aromatic rings. The van der Waals surface area contributed by atoms with E-state index in [4.69, 9.17) is 0 Å². The van der Waals surface area contributed by atoms with Gasteiger partial charge in [-0.1, -0.05) is 0 Å². The van der Waals surface area contributed by atoms with E-state index in [0.717, 1.165) is 24.2 Å². The third-order valence-corrected chi connectivity index (χ3v) is 3.93. The van der Waals surface area contributed by atoms with Crippen LogP contribution in [-0.2, 0) is 0 Å². The topological polar surface area (TPSA) is 6.02 Å². The van der Waals surface area contributed by atoms with Crippen molar-refractivity contribution in [2.24, 2.45) is 0 Å². The van der Waals surface area contributed by atoms with Crippen LogP contribution in [-0.4, -0.2) is 47.1 Å². The van der Waals surface area contributed by atoms with Gasteiger partial charge in [0.15, 0.2) is 0 Å². The van der Waals surface area contributed by atoms with Crippen LogP contribution in [0.25, 0.3) is 0 Å². The van der Waals surface area contributed by atoms with Gasteiger partial charge in [0.05, 0.1) is 0 Å². The first-order chi connectivity index (χ1) is 5.63. The summed E-state index contributed by atoms with van der Waals surface area (Å²) in [6, 6.07) is 3.37. The van der Waals surface area contributed by atoms with Gasteiger partial charge in [-0.25, -0.2) is 0 Å². The molecule has 70 valence electrons. The Bertz CT molecular complexity index is 145. The van der Waals surface area contributed by atoms with Gasteiger partial charge in [-0.3, -0.25) is 9.80 Å². The van der Waals surface area contributed by atoms with Gasteiger partial charge in [-0.15, -0.1) is 0 Å². The Morgan fingerprint density at radius 1 is 0.667 bits per heavy atom. The van der Waals surface area contributed by atoms with Gasteiger partial charge in [0.1, 0.15) is 0 Å². The summed E-state index contributed by atoms with van der Waals surface area (Å²) < 4.78 is 0. The number of hydrogen-bond acceptors (Lipinski definition) is 2. The molecule has 0 amide bonds. The Hall–Kier alpha value is -0.0800. The largest absolute Gasteiger partial charge is 0.294 e. The Kier molecular flexibility index (Phi) is 1.92. The Labute approximate surface area is 75.5 Å². The summed E-state index contributed by atoms with van der Waals surface area (Å²) in [5.41, 5.74) is 0. The average molecular weight is 168 g/mol. The number of nitrogens with zero attached hydrogens (tertiary/aromatic N) is 2. The van der Waals surface area contributed by atoms with Crippen LogP contribution in [0, 0.1) is 0 Å². The van der Waals surface area contributed by atoms with Crippen LogP contribution in [0.4, 0.5) is 0 Å². The molecule has 0 aromatic carbocycles. The second-order valence-corrected chi connectivity index (χ2v) is 4.44. The predicted octanol–water partition coefficient (Wildman–Crippen LogP) is 1.17. The fraction of sp³-hybridized carbons (Fsp3) is 1.00. The first kappa shape index (κ1) is 8.52. The van der Waals surface area contributed by atoms with Crippen molar-refractivity contribution in [3.8, 4) is 0 Å². The van der Waals surface area contributed by atoms with Gasteiger partial charge in [-0.2, -0.15) is 0 Å². The fourth-order valence-electron chi connectivity index (χ4n) is 2.20. The second-order valence-electron chi connectivity index (χ2n) is 4.44. The summed E-state index contributed by atoms with van der Waals surface area (Å²) in [5, 5.41) is 0. The summed E-state index contributed by atoms with van der Waals surface area (Å²) >= 11 is 0. The fourth-order valence-corrected chi connectivity index (χ4v) is 2.20. The van der Waals surface area contributed by atoms with Crippen molar-refractivity contribution >= 4 is 0 Å². The third kappa shape index (κ3) is 1.27. The number of rotatable bonds is 3. The molecule has 2 rings (SSSR count). The molecule has 2 heterocycles. The molecule has 0 saturated carbocycles. The summed E-state index contributed by atoms with van der Waals surface area (Å²) in [7, 11) is 0. The van der Waals surface area contributed by atoms with Gasteiger partial charge < -0.3 is 0 Å². The highest BCUT2D eigenvalue weighted by Crippen LogP contribution is 2.30. The second kappa shape index (κ2) is 2.71. The molecule has 2 heteroatoms. The first-order valence-electron chi connectivity index (χ1n) is 5.14. The molecule has 0 aliphatic carbocycles. The van der Waals surface area contributed by atoms with Crippen LogP contribution in [0.3, 0.4) is 0 Å². The normalized spacial score (nSPS) is 57.0. The van der Waals surface area contributed by atoms with E-state index in [2.05, 4.69) is 37.5 Å². The smallest absolute Gasteiger partial charge is 0.0224 e. The SMILES string of the molecule is CC1[C@H](C)N1CCN1[C@@H](C)[C@@H]1C. The third-order valence-electron chi connectivity index (χ3n) is 3.93. The van der Waals surface area contributed by atoms with Crippen LogP contribution in [0.1, 0.15) is 27.7 Å². The van der Waals surface area contributed by atoms with Crippen molar-refractivity contribution in [2.75, 3.05) is 13.1 Å². The minimum absolute atomic E-state index is 0.843. The highest BCUT2D eigenvalue weighted by atomic mass is 15.4. The highest BCUT2D eigenvalue weighted by molar-refractivity contribution is 5.00. The van der Waals surface area contributed by atoms with Gasteiger partial charge in [-0.05, 0) is 27.7 Å². The molecule has 5 atom stereocenters. The molecule has 2 aliphatic heterocycles. The molecule has 0 aromatic heterocycles. The maximum Gasteiger partial charge on any atom is 0.0224 e. The lowest BCUT2D eigenvalue weighted by molar-refractivity contribution is 0.401. The zero-order chi connectivity index (χ0) is 8.88. The van der Waals surface area contributed by atoms with E-state index < -0.39 is 0 Å². The molecular formula is C10H20N2. The van der Waals surface area contributed by atoms with E-state index in [1.165, 1.54) is 13.1 Å². The van der Waals surface area contributed by atoms with E-state index >= 15 is 0 Å². The zero-order valence-corrected chi connectivity index (χ0v) is 8.62. The molecule has 12 heavy (non-hydrogen) atoms. The number of hydrogen-bond donors (Lipinski definition) is 0. The summed E-state index contributed by atoms with van der Waals surface area (Å²) in [4.78, 5) is 5.13. The quantitative estimate of drug-likeness (QED) is 0.583. The summed E-state index contributed by atoms with van der Waals surface area (Å²) in [6.07, 6.45) is 0. The maximum atomic E-state index is 2.57. The van der Waals surface area contributed by atoms with Crippen LogP contribution in [0.2, 0.25) is 0 Å². The van der Waals surface area contributed by atoms with Crippen molar-refractivity contribution in [2.45, 2.75) is 51.9 Å². The van der Waals surface area contributed by atoms with E-state index in [0.29, 0.717) is 0 Å². The molecule has 2 saturated heterocycles. The lowest BCUT2D eigenvalue weighted by Gasteiger charge is -2.03. The first-order valence-corrected chi connectivity index (χ1v) is 5.14. The molecule has 2 unspecified atom stereocenters. The highest BCUT2D eigenvalue weighted by Gasteiger charge is 2.43. The minimum Gasteiger partial charge on any atom is -0.294 e. The van der Waals surface area contributed by atoms with E-state index in [1.807, 2.05) is 0 Å². The van der Waals surface area contributed by atoms with Crippen molar-refractivity contribution in [1.29, 1.82) is 0 Å².